The molecule has 2 N–H and O–H groups in total. The molecule has 1 heterocycles. The maximum absolute atomic E-state index is 12.7. The van der Waals surface area contributed by atoms with Crippen LogP contribution in [0.3, 0.4) is 0 Å². The van der Waals surface area contributed by atoms with Crippen LogP contribution in [0.1, 0.15) is 50.5 Å². The second-order valence-corrected chi connectivity index (χ2v) is 6.34. The van der Waals surface area contributed by atoms with Crippen molar-refractivity contribution in [1.29, 1.82) is 0 Å². The monoisotopic (exact) mass is 382 g/mol. The third kappa shape index (κ3) is 5.59. The maximum atomic E-state index is 12.7. The van der Waals surface area contributed by atoms with E-state index in [1.807, 2.05) is 4.98 Å². The van der Waals surface area contributed by atoms with Gasteiger partial charge < -0.3 is 20.2 Å². The molecule has 0 saturated heterocycles. The zero-order chi connectivity index (χ0) is 18.7. The van der Waals surface area contributed by atoms with Crippen LogP contribution < -0.4 is 45.5 Å². The van der Waals surface area contributed by atoms with E-state index in [-0.39, 0.29) is 42.4 Å². The summed E-state index contributed by atoms with van der Waals surface area (Å²) in [7, 11) is 0. The van der Waals surface area contributed by atoms with Crippen molar-refractivity contribution >= 4 is 17.6 Å². The number of carboxylic acids is 1. The Morgan fingerprint density at radius 1 is 1.19 bits per heavy atom. The van der Waals surface area contributed by atoms with Gasteiger partial charge in [-0.1, -0.05) is 25.7 Å². The Kier molecular flexibility index (Phi) is 7.91. The summed E-state index contributed by atoms with van der Waals surface area (Å²) in [6.07, 6.45) is -1.12. The Labute approximate surface area is 169 Å². The van der Waals surface area contributed by atoms with Gasteiger partial charge in [-0.25, -0.2) is 0 Å². The van der Waals surface area contributed by atoms with Gasteiger partial charge in [0.1, 0.15) is 5.69 Å². The number of aliphatic carboxylic acids is 1. The first-order chi connectivity index (χ1) is 11.6. The van der Waals surface area contributed by atoms with Gasteiger partial charge in [0, 0.05) is 24.0 Å². The van der Waals surface area contributed by atoms with Gasteiger partial charge in [0.2, 0.25) is 5.91 Å². The molecule has 6 nitrogen and oxygen atoms in total. The van der Waals surface area contributed by atoms with Gasteiger partial charge >= 0.3 is 35.7 Å². The summed E-state index contributed by atoms with van der Waals surface area (Å²) in [6, 6.07) is 0.523. The summed E-state index contributed by atoms with van der Waals surface area (Å²) in [5.74, 6) is -2.17. The quantitative estimate of drug-likeness (QED) is 0.505. The number of anilines is 1. The largest absolute Gasteiger partial charge is 1.00 e. The van der Waals surface area contributed by atoms with E-state index in [1.165, 1.54) is 0 Å². The number of hydrogen-bond acceptors (Lipinski definition) is 4. The van der Waals surface area contributed by atoms with E-state index in [1.54, 1.807) is 0 Å². The molecule has 10 heteroatoms. The van der Waals surface area contributed by atoms with Crippen molar-refractivity contribution in [2.45, 2.75) is 51.1 Å². The maximum Gasteiger partial charge on any atom is 1.00 e. The topological polar surface area (TPSA) is 102 Å². The minimum absolute atomic E-state index is 0. The van der Waals surface area contributed by atoms with Crippen molar-refractivity contribution in [3.05, 3.63) is 28.2 Å². The van der Waals surface area contributed by atoms with Crippen molar-refractivity contribution in [2.24, 2.45) is 5.41 Å². The number of carboxylic acid groups (broad SMARTS) is 1. The van der Waals surface area contributed by atoms with Gasteiger partial charge in [0.05, 0.1) is 5.56 Å². The molecule has 0 atom stereocenters. The molecular formula is C16H18F3N2NaO4. The molecule has 1 saturated carbocycles. The van der Waals surface area contributed by atoms with Gasteiger partial charge in [-0.15, -0.1) is 0 Å². The van der Waals surface area contributed by atoms with Gasteiger partial charge in [0.15, 0.2) is 0 Å². The summed E-state index contributed by atoms with van der Waals surface area (Å²) in [4.78, 5) is 37.3. The summed E-state index contributed by atoms with van der Waals surface area (Å²) >= 11 is 0. The van der Waals surface area contributed by atoms with E-state index < -0.39 is 46.7 Å². The molecule has 1 fully saturated rings. The third-order valence-corrected chi connectivity index (χ3v) is 4.50. The number of nitrogens with one attached hydrogen (secondary N) is 2. The SMILES string of the molecule is O=C(CC1(C(=O)[O-])CCCCCC1)Nc1cc(C(F)(F)F)c[nH]c1=O.[Na+]. The molecule has 26 heavy (non-hydrogen) atoms. The fourth-order valence-electron chi connectivity index (χ4n) is 3.10. The van der Waals surface area contributed by atoms with Crippen LogP contribution in [0, 0.1) is 5.41 Å². The number of H-pyrrole nitrogens is 1. The Morgan fingerprint density at radius 3 is 2.27 bits per heavy atom. The average Bonchev–Trinajstić information content (AvgIpc) is 2.75. The van der Waals surface area contributed by atoms with Gasteiger partial charge in [-0.2, -0.15) is 13.2 Å². The molecule has 1 aromatic heterocycles. The van der Waals surface area contributed by atoms with Crippen LogP contribution in [0.25, 0.3) is 0 Å². The second kappa shape index (κ2) is 9.05. The number of aromatic amines is 1. The van der Waals surface area contributed by atoms with Crippen molar-refractivity contribution in [3.63, 3.8) is 0 Å². The first-order valence-corrected chi connectivity index (χ1v) is 7.95. The molecular weight excluding hydrogens is 364 g/mol. The molecule has 0 unspecified atom stereocenters. The van der Waals surface area contributed by atoms with E-state index in [4.69, 9.17) is 0 Å². The molecule has 1 amide bonds. The molecule has 0 radical (unpaired) electrons. The normalized spacial score (nSPS) is 16.9. The number of halogens is 3. The summed E-state index contributed by atoms with van der Waals surface area (Å²) in [6.45, 7) is 0. The Bertz CT molecular complexity index is 710. The minimum Gasteiger partial charge on any atom is -0.550 e. The smallest absolute Gasteiger partial charge is 0.550 e. The Hall–Kier alpha value is -1.32. The molecule has 1 aliphatic rings. The predicted molar refractivity (Wildman–Crippen MR) is 80.5 cm³/mol. The van der Waals surface area contributed by atoms with Gasteiger partial charge in [-0.3, -0.25) is 9.59 Å². The number of amides is 1. The van der Waals surface area contributed by atoms with E-state index in [9.17, 15) is 32.7 Å². The zero-order valence-corrected chi connectivity index (χ0v) is 16.4. The number of carbonyl (C=O) groups excluding carboxylic acids is 2. The zero-order valence-electron chi connectivity index (χ0n) is 14.4. The fraction of sp³-hybridized carbons (Fsp3) is 0.562. The molecule has 0 aliphatic heterocycles. The van der Waals surface area contributed by atoms with Crippen LogP contribution in [-0.4, -0.2) is 16.9 Å². The van der Waals surface area contributed by atoms with Crippen molar-refractivity contribution in [3.8, 4) is 0 Å². The first-order valence-electron chi connectivity index (χ1n) is 7.95. The van der Waals surface area contributed by atoms with Crippen molar-refractivity contribution in [1.82, 2.24) is 4.98 Å². The van der Waals surface area contributed by atoms with Crippen LogP contribution in [0.2, 0.25) is 0 Å². The number of aromatic nitrogens is 1. The van der Waals surface area contributed by atoms with Crippen LogP contribution in [-0.2, 0) is 15.8 Å². The minimum atomic E-state index is -4.68. The average molecular weight is 382 g/mol. The Balaban J connectivity index is 0.00000338. The number of rotatable bonds is 4. The van der Waals surface area contributed by atoms with E-state index in [0.29, 0.717) is 25.1 Å². The fourth-order valence-corrected chi connectivity index (χ4v) is 3.10. The molecule has 0 aromatic carbocycles. The predicted octanol–water partition coefficient (Wildman–Crippen LogP) is -1.18. The Morgan fingerprint density at radius 2 is 1.77 bits per heavy atom. The number of carbonyl (C=O) groups is 2. The van der Waals surface area contributed by atoms with Gasteiger partial charge in [-0.05, 0) is 18.9 Å². The van der Waals surface area contributed by atoms with E-state index in [0.717, 1.165) is 12.8 Å². The van der Waals surface area contributed by atoms with Crippen LogP contribution in [0.15, 0.2) is 17.1 Å². The number of hydrogen-bond donors (Lipinski definition) is 2. The molecule has 0 bridgehead atoms. The van der Waals surface area contributed by atoms with E-state index in [2.05, 4.69) is 5.32 Å². The molecule has 1 aromatic rings. The summed E-state index contributed by atoms with van der Waals surface area (Å²) in [5.41, 5.74) is -3.94. The standard InChI is InChI=1S/C16H19F3N2O4.Na/c17-16(18,19)10-7-11(13(23)20-9-10)21-12(22)8-15(14(24)25)5-3-1-2-4-6-15;/h7,9H,1-6,8H2,(H,20,23)(H,21,22)(H,24,25);/q;+1/p-1. The summed E-state index contributed by atoms with van der Waals surface area (Å²) in [5, 5.41) is 13.7. The van der Waals surface area contributed by atoms with Crippen LogP contribution in [0.5, 0.6) is 0 Å². The van der Waals surface area contributed by atoms with E-state index >= 15 is 0 Å². The second-order valence-electron chi connectivity index (χ2n) is 6.34. The number of alkyl halides is 3. The van der Waals surface area contributed by atoms with Crippen LogP contribution in [0.4, 0.5) is 18.9 Å². The van der Waals surface area contributed by atoms with Crippen molar-refractivity contribution in [2.75, 3.05) is 5.32 Å². The third-order valence-electron chi connectivity index (χ3n) is 4.50. The molecule has 138 valence electrons. The van der Waals surface area contributed by atoms with Crippen LogP contribution >= 0.6 is 0 Å². The van der Waals surface area contributed by atoms with Crippen molar-refractivity contribution < 1.29 is 57.4 Å². The summed E-state index contributed by atoms with van der Waals surface area (Å²) < 4.78 is 38.1. The molecule has 0 spiro atoms. The van der Waals surface area contributed by atoms with Gasteiger partial charge in [0.25, 0.3) is 5.56 Å². The molecule has 2 rings (SSSR count). The number of pyridine rings is 1. The molecule has 1 aliphatic carbocycles. The first kappa shape index (κ1) is 22.7.